The van der Waals surface area contributed by atoms with Crippen LogP contribution in [0.4, 0.5) is 8.78 Å². The van der Waals surface area contributed by atoms with Crippen LogP contribution in [0.3, 0.4) is 0 Å². The largest absolute Gasteiger partial charge is 0.477 e. The fraction of sp³-hybridized carbons (Fsp3) is 0.294. The monoisotopic (exact) mass is 336 g/mol. The highest BCUT2D eigenvalue weighted by Gasteiger charge is 2.28. The summed E-state index contributed by atoms with van der Waals surface area (Å²) in [5.41, 5.74) is -1.61. The first-order valence-electron chi connectivity index (χ1n) is 7.39. The lowest BCUT2D eigenvalue weighted by Crippen LogP contribution is -2.39. The van der Waals surface area contributed by atoms with E-state index >= 15 is 0 Å². The van der Waals surface area contributed by atoms with Crippen LogP contribution < -0.4 is 10.1 Å². The molecule has 0 aliphatic carbocycles. The molecule has 5 nitrogen and oxygen atoms in total. The second-order valence-electron chi connectivity index (χ2n) is 5.37. The Labute approximate surface area is 138 Å². The number of carbonyl (C=O) groups excluding carboxylic acids is 1. The topological polar surface area (TPSA) is 71.5 Å². The minimum Gasteiger partial charge on any atom is -0.477 e. The summed E-state index contributed by atoms with van der Waals surface area (Å²) < 4.78 is 32.1. The fourth-order valence-electron chi connectivity index (χ4n) is 2.18. The van der Waals surface area contributed by atoms with Crippen molar-refractivity contribution in [1.82, 2.24) is 10.3 Å². The van der Waals surface area contributed by atoms with Crippen LogP contribution in [0.1, 0.15) is 29.8 Å². The number of ether oxygens (including phenoxy) is 1. The number of benzene rings is 1. The molecule has 0 saturated heterocycles. The van der Waals surface area contributed by atoms with Crippen molar-refractivity contribution in [1.29, 1.82) is 0 Å². The van der Waals surface area contributed by atoms with Gasteiger partial charge in [0.15, 0.2) is 0 Å². The van der Waals surface area contributed by atoms with Crippen molar-refractivity contribution in [3.05, 3.63) is 59.3 Å². The van der Waals surface area contributed by atoms with Gasteiger partial charge >= 0.3 is 0 Å². The van der Waals surface area contributed by atoms with E-state index in [1.165, 1.54) is 19.2 Å². The minimum absolute atomic E-state index is 0.111. The number of aromatic nitrogens is 1. The third-order valence-corrected chi connectivity index (χ3v) is 3.40. The van der Waals surface area contributed by atoms with E-state index in [0.29, 0.717) is 12.7 Å². The second-order valence-corrected chi connectivity index (χ2v) is 5.37. The van der Waals surface area contributed by atoms with Crippen LogP contribution >= 0.6 is 0 Å². The van der Waals surface area contributed by atoms with E-state index in [1.807, 2.05) is 0 Å². The molecule has 0 aliphatic rings. The first-order valence-corrected chi connectivity index (χ1v) is 7.39. The van der Waals surface area contributed by atoms with Gasteiger partial charge in [0, 0.05) is 17.8 Å². The average molecular weight is 336 g/mol. The molecule has 1 amide bonds. The van der Waals surface area contributed by atoms with Gasteiger partial charge in [0.2, 0.25) is 5.88 Å². The summed E-state index contributed by atoms with van der Waals surface area (Å²) in [6.07, 6.45) is 1.49. The quantitative estimate of drug-likeness (QED) is 0.850. The average Bonchev–Trinajstić information content (AvgIpc) is 2.53. The summed E-state index contributed by atoms with van der Waals surface area (Å²) in [7, 11) is 0. The number of nitrogens with zero attached hydrogens (tertiary/aromatic N) is 1. The predicted molar refractivity (Wildman–Crippen MR) is 83.7 cm³/mol. The normalized spacial score (nSPS) is 13.2. The van der Waals surface area contributed by atoms with Crippen molar-refractivity contribution < 1.29 is 23.4 Å². The molecule has 128 valence electrons. The van der Waals surface area contributed by atoms with Gasteiger partial charge in [-0.25, -0.2) is 13.8 Å². The first-order chi connectivity index (χ1) is 11.3. The summed E-state index contributed by atoms with van der Waals surface area (Å²) in [4.78, 5) is 16.2. The fourth-order valence-corrected chi connectivity index (χ4v) is 2.18. The summed E-state index contributed by atoms with van der Waals surface area (Å²) in [6.45, 7) is 3.17. The molecule has 1 atom stereocenters. The lowest BCUT2D eigenvalue weighted by atomic mass is 9.95. The van der Waals surface area contributed by atoms with Crippen LogP contribution in [-0.4, -0.2) is 29.1 Å². The Kier molecular flexibility index (Phi) is 5.46. The lowest BCUT2D eigenvalue weighted by molar-refractivity contribution is 0.0493. The van der Waals surface area contributed by atoms with E-state index in [-0.39, 0.29) is 23.6 Å². The van der Waals surface area contributed by atoms with E-state index in [4.69, 9.17) is 4.74 Å². The summed E-state index contributed by atoms with van der Waals surface area (Å²) in [5, 5.41) is 12.9. The van der Waals surface area contributed by atoms with Crippen LogP contribution in [0.2, 0.25) is 0 Å². The van der Waals surface area contributed by atoms with Gasteiger partial charge in [-0.3, -0.25) is 4.79 Å². The highest BCUT2D eigenvalue weighted by Crippen LogP contribution is 2.24. The molecule has 2 N–H and O–H groups in total. The molecule has 1 heterocycles. The molecule has 0 aliphatic heterocycles. The Morgan fingerprint density at radius 3 is 2.79 bits per heavy atom. The standard InChI is InChI=1S/C17H18F2N2O3/c1-3-24-16-12(5-4-8-20-16)15(22)21-10-17(2,23)13-7-6-11(18)9-14(13)19/h4-9,23H,3,10H2,1-2H3,(H,21,22). The third-order valence-electron chi connectivity index (χ3n) is 3.40. The van der Waals surface area contributed by atoms with Crippen molar-refractivity contribution in [2.45, 2.75) is 19.4 Å². The van der Waals surface area contributed by atoms with E-state index in [9.17, 15) is 18.7 Å². The van der Waals surface area contributed by atoms with Crippen LogP contribution in [0.15, 0.2) is 36.5 Å². The molecule has 1 aromatic carbocycles. The molecular weight excluding hydrogens is 318 g/mol. The van der Waals surface area contributed by atoms with Crippen LogP contribution in [-0.2, 0) is 5.60 Å². The maximum absolute atomic E-state index is 13.8. The lowest BCUT2D eigenvalue weighted by Gasteiger charge is -2.25. The minimum atomic E-state index is -1.71. The molecule has 0 bridgehead atoms. The number of amides is 1. The van der Waals surface area contributed by atoms with Gasteiger partial charge in [0.05, 0.1) is 13.2 Å². The molecule has 1 unspecified atom stereocenters. The summed E-state index contributed by atoms with van der Waals surface area (Å²) in [5.74, 6) is -1.97. The maximum Gasteiger partial charge on any atom is 0.256 e. The molecular formula is C17H18F2N2O3. The zero-order chi connectivity index (χ0) is 17.7. The van der Waals surface area contributed by atoms with Gasteiger partial charge in [0.1, 0.15) is 22.8 Å². The van der Waals surface area contributed by atoms with Crippen LogP contribution in [0.5, 0.6) is 5.88 Å². The SMILES string of the molecule is CCOc1ncccc1C(=O)NCC(C)(O)c1ccc(F)cc1F. The number of carbonyl (C=O) groups is 1. The van der Waals surface area contributed by atoms with Gasteiger partial charge in [0.25, 0.3) is 5.91 Å². The molecule has 0 saturated carbocycles. The Balaban J connectivity index is 2.13. The zero-order valence-corrected chi connectivity index (χ0v) is 13.3. The molecule has 0 radical (unpaired) electrons. The molecule has 0 spiro atoms. The number of hydrogen-bond acceptors (Lipinski definition) is 4. The van der Waals surface area contributed by atoms with Gasteiger partial charge < -0.3 is 15.2 Å². The molecule has 1 aromatic heterocycles. The molecule has 24 heavy (non-hydrogen) atoms. The zero-order valence-electron chi connectivity index (χ0n) is 13.3. The maximum atomic E-state index is 13.8. The van der Waals surface area contributed by atoms with E-state index < -0.39 is 23.1 Å². The molecule has 7 heteroatoms. The van der Waals surface area contributed by atoms with Crippen molar-refractivity contribution >= 4 is 5.91 Å². The summed E-state index contributed by atoms with van der Waals surface area (Å²) in [6, 6.07) is 5.98. The van der Waals surface area contributed by atoms with Gasteiger partial charge in [-0.2, -0.15) is 0 Å². The van der Waals surface area contributed by atoms with Gasteiger partial charge in [-0.05, 0) is 32.0 Å². The van der Waals surface area contributed by atoms with Gasteiger partial charge in [-0.1, -0.05) is 6.07 Å². The smallest absolute Gasteiger partial charge is 0.256 e. The molecule has 2 rings (SSSR count). The number of rotatable bonds is 6. The van der Waals surface area contributed by atoms with Crippen molar-refractivity contribution in [3.63, 3.8) is 0 Å². The van der Waals surface area contributed by atoms with Crippen molar-refractivity contribution in [2.24, 2.45) is 0 Å². The number of aliphatic hydroxyl groups is 1. The van der Waals surface area contributed by atoms with Gasteiger partial charge in [-0.15, -0.1) is 0 Å². The number of halogens is 2. The Morgan fingerprint density at radius 1 is 1.38 bits per heavy atom. The van der Waals surface area contributed by atoms with E-state index in [2.05, 4.69) is 10.3 Å². The number of pyridine rings is 1. The predicted octanol–water partition coefficient (Wildman–Crippen LogP) is 2.40. The van der Waals surface area contributed by atoms with Crippen molar-refractivity contribution in [2.75, 3.05) is 13.2 Å². The van der Waals surface area contributed by atoms with Crippen LogP contribution in [0.25, 0.3) is 0 Å². The molecule has 0 fully saturated rings. The molecule has 2 aromatic rings. The second kappa shape index (κ2) is 7.35. The number of hydrogen-bond donors (Lipinski definition) is 2. The highest BCUT2D eigenvalue weighted by molar-refractivity contribution is 5.96. The van der Waals surface area contributed by atoms with E-state index in [0.717, 1.165) is 12.1 Å². The van der Waals surface area contributed by atoms with Crippen molar-refractivity contribution in [3.8, 4) is 5.88 Å². The van der Waals surface area contributed by atoms with E-state index in [1.54, 1.807) is 13.0 Å². The number of nitrogens with one attached hydrogen (secondary N) is 1. The Bertz CT molecular complexity index is 736. The Morgan fingerprint density at radius 2 is 2.12 bits per heavy atom. The van der Waals surface area contributed by atoms with Crippen LogP contribution in [0, 0.1) is 11.6 Å². The summed E-state index contributed by atoms with van der Waals surface area (Å²) >= 11 is 0. The Hall–Kier alpha value is -2.54. The highest BCUT2D eigenvalue weighted by atomic mass is 19.1. The third kappa shape index (κ3) is 4.05. The first kappa shape index (κ1) is 17.8.